The van der Waals surface area contributed by atoms with Crippen LogP contribution in [0.1, 0.15) is 52.7 Å². The predicted molar refractivity (Wildman–Crippen MR) is 90.4 cm³/mol. The first-order valence-electron chi connectivity index (χ1n) is 7.57. The van der Waals surface area contributed by atoms with E-state index >= 15 is 0 Å². The minimum Gasteiger partial charge on any atom is -0.213 e. The quantitative estimate of drug-likeness (QED) is 0.577. The van der Waals surface area contributed by atoms with Crippen molar-refractivity contribution in [2.45, 2.75) is 54.4 Å². The average molecular weight is 362 g/mol. The maximum atomic E-state index is 2.26. The molecule has 2 aromatic carbocycles. The second-order valence-electron chi connectivity index (χ2n) is 8.06. The van der Waals surface area contributed by atoms with Gasteiger partial charge in [0.15, 0.2) is 0 Å². The Morgan fingerprint density at radius 2 is 0.810 bits per heavy atom. The van der Waals surface area contributed by atoms with Gasteiger partial charge in [0.2, 0.25) is 0 Å². The molecular weight excluding hydrogens is 331 g/mol. The molecule has 0 spiro atoms. The summed E-state index contributed by atoms with van der Waals surface area (Å²) in [4.78, 5) is 0. The zero-order valence-electron chi connectivity index (χ0n) is 14.5. The second kappa shape index (κ2) is 8.89. The largest absolute Gasteiger partial charge is 2.00 e. The third kappa shape index (κ3) is 10.9. The number of hydrogen-bond acceptors (Lipinski definition) is 0. The van der Waals surface area contributed by atoms with Gasteiger partial charge in [-0.1, -0.05) is 54.4 Å². The van der Waals surface area contributed by atoms with E-state index in [2.05, 4.69) is 90.1 Å². The fraction of sp³-hybridized carbons (Fsp3) is 0.500. The molecule has 0 radical (unpaired) electrons. The van der Waals surface area contributed by atoms with Crippen LogP contribution in [-0.2, 0) is 39.0 Å². The Bertz CT molecular complexity index is 401. The van der Waals surface area contributed by atoms with Gasteiger partial charge < -0.3 is 0 Å². The summed E-state index contributed by atoms with van der Waals surface area (Å²) in [5.41, 5.74) is 3.75. The van der Waals surface area contributed by atoms with Gasteiger partial charge in [-0.15, -0.1) is 0 Å². The Morgan fingerprint density at radius 3 is 1.00 bits per heavy atom. The van der Waals surface area contributed by atoms with Crippen LogP contribution < -0.4 is 0 Å². The minimum absolute atomic E-state index is 0. The molecule has 0 aliphatic carbocycles. The van der Waals surface area contributed by atoms with Crippen molar-refractivity contribution in [1.82, 2.24) is 0 Å². The number of rotatable bonds is 2. The topological polar surface area (TPSA) is 0 Å². The molecule has 21 heavy (non-hydrogen) atoms. The third-order valence-electron chi connectivity index (χ3n) is 2.93. The maximum absolute atomic E-state index is 2.26. The monoisotopic (exact) mass is 360 g/mol. The van der Waals surface area contributed by atoms with Gasteiger partial charge in [-0.3, -0.25) is 0 Å². The van der Waals surface area contributed by atoms with Gasteiger partial charge in [0, 0.05) is 0 Å². The van der Waals surface area contributed by atoms with E-state index in [1.54, 1.807) is 0 Å². The van der Waals surface area contributed by atoms with Gasteiger partial charge in [-0.25, -0.2) is 24.3 Å². The summed E-state index contributed by atoms with van der Waals surface area (Å²) >= 11 is 0. The SMILES string of the molecule is CC(C)(C)C[c-]1cccc1.CC(C)(C)C[c-]1cccc1.[Zr+2]. The minimum atomic E-state index is 0. The smallest absolute Gasteiger partial charge is 0.213 e. The molecule has 0 saturated heterocycles. The molecule has 0 nitrogen and oxygen atoms in total. The van der Waals surface area contributed by atoms with Crippen LogP contribution in [0, 0.1) is 10.8 Å². The van der Waals surface area contributed by atoms with Crippen molar-refractivity contribution >= 4 is 0 Å². The van der Waals surface area contributed by atoms with Gasteiger partial charge in [0.25, 0.3) is 0 Å². The van der Waals surface area contributed by atoms with Gasteiger partial charge in [0.1, 0.15) is 0 Å². The van der Waals surface area contributed by atoms with Crippen LogP contribution in [0.4, 0.5) is 0 Å². The van der Waals surface area contributed by atoms with Gasteiger partial charge in [-0.05, 0) is 10.8 Å². The predicted octanol–water partition coefficient (Wildman–Crippen LogP) is 5.99. The summed E-state index contributed by atoms with van der Waals surface area (Å²) in [6.07, 6.45) is 2.36. The van der Waals surface area contributed by atoms with Crippen LogP contribution in [0.5, 0.6) is 0 Å². The molecule has 0 N–H and O–H groups in total. The normalized spacial score (nSPS) is 11.3. The second-order valence-corrected chi connectivity index (χ2v) is 8.06. The van der Waals surface area contributed by atoms with Gasteiger partial charge in [0.05, 0.1) is 0 Å². The van der Waals surface area contributed by atoms with E-state index in [0.29, 0.717) is 10.8 Å². The molecule has 0 amide bonds. The number of hydrogen-bond donors (Lipinski definition) is 0. The molecule has 0 aromatic heterocycles. The van der Waals surface area contributed by atoms with E-state index in [1.807, 2.05) is 0 Å². The molecule has 0 aliphatic rings. The van der Waals surface area contributed by atoms with Crippen LogP contribution in [0.2, 0.25) is 0 Å². The van der Waals surface area contributed by atoms with Crippen molar-refractivity contribution in [2.75, 3.05) is 0 Å². The summed E-state index contributed by atoms with van der Waals surface area (Å²) in [6, 6.07) is 17.1. The average Bonchev–Trinajstić information content (AvgIpc) is 2.87. The third-order valence-corrected chi connectivity index (χ3v) is 2.93. The van der Waals surface area contributed by atoms with E-state index in [-0.39, 0.29) is 26.2 Å². The molecule has 114 valence electrons. The Labute approximate surface area is 150 Å². The standard InChI is InChI=1S/2C10H15.Zr/c2*1-10(2,3)8-9-6-4-5-7-9;/h2*4-7H,8H2,1-3H3;/q2*-1;+2. The van der Waals surface area contributed by atoms with Crippen LogP contribution in [0.25, 0.3) is 0 Å². The molecule has 1 heteroatoms. The van der Waals surface area contributed by atoms with Crippen molar-refractivity contribution in [2.24, 2.45) is 10.8 Å². The van der Waals surface area contributed by atoms with E-state index in [0.717, 1.165) is 0 Å². The zero-order chi connectivity index (χ0) is 15.2. The fourth-order valence-corrected chi connectivity index (χ4v) is 2.29. The van der Waals surface area contributed by atoms with Gasteiger partial charge in [-0.2, -0.15) is 35.4 Å². The van der Waals surface area contributed by atoms with E-state index in [4.69, 9.17) is 0 Å². The first-order chi connectivity index (χ1) is 9.16. The van der Waals surface area contributed by atoms with Crippen molar-refractivity contribution in [3.8, 4) is 0 Å². The summed E-state index contributed by atoms with van der Waals surface area (Å²) in [5, 5.41) is 0. The molecule has 0 fully saturated rings. The van der Waals surface area contributed by atoms with Crippen LogP contribution in [0.3, 0.4) is 0 Å². The molecule has 2 rings (SSSR count). The molecule has 2 aromatic rings. The zero-order valence-corrected chi connectivity index (χ0v) is 17.0. The Balaban J connectivity index is 0.000000364. The van der Waals surface area contributed by atoms with Crippen molar-refractivity contribution < 1.29 is 26.2 Å². The molecule has 0 bridgehead atoms. The summed E-state index contributed by atoms with van der Waals surface area (Å²) in [7, 11) is 0. The maximum Gasteiger partial charge on any atom is 2.00 e. The summed E-state index contributed by atoms with van der Waals surface area (Å²) in [5.74, 6) is 0. The molecular formula is C20H30Zr. The first kappa shape index (κ1) is 20.6. The molecule has 0 saturated carbocycles. The van der Waals surface area contributed by atoms with E-state index in [9.17, 15) is 0 Å². The molecule has 0 atom stereocenters. The summed E-state index contributed by atoms with van der Waals surface area (Å²) in [6.45, 7) is 13.6. The first-order valence-corrected chi connectivity index (χ1v) is 7.57. The van der Waals surface area contributed by atoms with E-state index < -0.39 is 0 Å². The van der Waals surface area contributed by atoms with Crippen LogP contribution >= 0.6 is 0 Å². The van der Waals surface area contributed by atoms with Crippen molar-refractivity contribution in [3.05, 3.63) is 59.7 Å². The molecule has 0 heterocycles. The summed E-state index contributed by atoms with van der Waals surface area (Å²) < 4.78 is 0. The molecule has 0 aliphatic heterocycles. The van der Waals surface area contributed by atoms with Crippen molar-refractivity contribution in [3.63, 3.8) is 0 Å². The Hall–Kier alpha value is -0.417. The van der Waals surface area contributed by atoms with Crippen molar-refractivity contribution in [1.29, 1.82) is 0 Å². The Morgan fingerprint density at radius 1 is 0.571 bits per heavy atom. The fourth-order valence-electron chi connectivity index (χ4n) is 2.29. The molecule has 0 unspecified atom stereocenters. The van der Waals surface area contributed by atoms with Crippen LogP contribution in [-0.4, -0.2) is 0 Å². The van der Waals surface area contributed by atoms with Gasteiger partial charge >= 0.3 is 26.2 Å². The van der Waals surface area contributed by atoms with Crippen LogP contribution in [0.15, 0.2) is 48.5 Å². The van der Waals surface area contributed by atoms with E-state index in [1.165, 1.54) is 24.0 Å². The Kier molecular flexibility index (Phi) is 8.71.